The van der Waals surface area contributed by atoms with E-state index in [1.54, 1.807) is 0 Å². The van der Waals surface area contributed by atoms with Crippen LogP contribution in [-0.4, -0.2) is 9.78 Å². The van der Waals surface area contributed by atoms with E-state index in [1.165, 1.54) is 23.0 Å². The number of alkyl halides is 3. The van der Waals surface area contributed by atoms with Crippen molar-refractivity contribution in [3.63, 3.8) is 0 Å². The summed E-state index contributed by atoms with van der Waals surface area (Å²) in [6.07, 6.45) is -2.88. The SMILES string of the molecule is N#Cc1ccn(-c2ccc(C(F)(F)F)cc2Br)n1. The molecule has 1 heterocycles. The molecule has 0 bridgehead atoms. The normalized spacial score (nSPS) is 11.3. The van der Waals surface area contributed by atoms with E-state index in [9.17, 15) is 13.2 Å². The van der Waals surface area contributed by atoms with Gasteiger partial charge < -0.3 is 0 Å². The number of nitriles is 1. The van der Waals surface area contributed by atoms with E-state index in [0.29, 0.717) is 5.69 Å². The van der Waals surface area contributed by atoms with Crippen LogP contribution in [0, 0.1) is 11.3 Å². The smallest absolute Gasteiger partial charge is 0.239 e. The second kappa shape index (κ2) is 4.46. The maximum atomic E-state index is 12.5. The van der Waals surface area contributed by atoms with Crippen LogP contribution in [0.3, 0.4) is 0 Å². The average Bonchev–Trinajstić information content (AvgIpc) is 2.76. The minimum Gasteiger partial charge on any atom is -0.239 e. The predicted molar refractivity (Wildman–Crippen MR) is 61.0 cm³/mol. The van der Waals surface area contributed by atoms with Gasteiger partial charge in [0.15, 0.2) is 5.69 Å². The summed E-state index contributed by atoms with van der Waals surface area (Å²) in [5.41, 5.74) is -0.114. The van der Waals surface area contributed by atoms with Crippen LogP contribution in [0.2, 0.25) is 0 Å². The zero-order valence-electron chi connectivity index (χ0n) is 8.74. The maximum absolute atomic E-state index is 12.5. The zero-order chi connectivity index (χ0) is 13.3. The molecule has 3 nitrogen and oxygen atoms in total. The topological polar surface area (TPSA) is 41.6 Å². The van der Waals surface area contributed by atoms with Crippen molar-refractivity contribution in [2.45, 2.75) is 6.18 Å². The Kier molecular flexibility index (Phi) is 3.13. The third kappa shape index (κ3) is 2.38. The van der Waals surface area contributed by atoms with Crippen LogP contribution in [-0.2, 0) is 6.18 Å². The molecule has 0 fully saturated rings. The number of nitrogens with zero attached hydrogens (tertiary/aromatic N) is 3. The molecule has 0 radical (unpaired) electrons. The molecule has 1 aromatic carbocycles. The van der Waals surface area contributed by atoms with Crippen LogP contribution < -0.4 is 0 Å². The van der Waals surface area contributed by atoms with E-state index >= 15 is 0 Å². The second-order valence-electron chi connectivity index (χ2n) is 3.42. The predicted octanol–water partition coefficient (Wildman–Crippen LogP) is 3.53. The summed E-state index contributed by atoms with van der Waals surface area (Å²) in [5, 5.41) is 12.5. The summed E-state index contributed by atoms with van der Waals surface area (Å²) >= 11 is 3.06. The van der Waals surface area contributed by atoms with Gasteiger partial charge in [0.1, 0.15) is 6.07 Å². The highest BCUT2D eigenvalue weighted by Gasteiger charge is 2.30. The van der Waals surface area contributed by atoms with Gasteiger partial charge in [0.05, 0.1) is 11.3 Å². The van der Waals surface area contributed by atoms with Gasteiger partial charge in [-0.05, 0) is 40.2 Å². The number of benzene rings is 1. The van der Waals surface area contributed by atoms with Crippen molar-refractivity contribution >= 4 is 15.9 Å². The Balaban J connectivity index is 2.45. The minimum absolute atomic E-state index is 0.196. The van der Waals surface area contributed by atoms with Gasteiger partial charge in [0.2, 0.25) is 0 Å². The van der Waals surface area contributed by atoms with E-state index in [1.807, 2.05) is 6.07 Å². The molecule has 18 heavy (non-hydrogen) atoms. The highest BCUT2D eigenvalue weighted by Crippen LogP contribution is 2.33. The first-order chi connectivity index (χ1) is 8.41. The largest absolute Gasteiger partial charge is 0.416 e. The van der Waals surface area contributed by atoms with Crippen LogP contribution >= 0.6 is 15.9 Å². The fraction of sp³-hybridized carbons (Fsp3) is 0.0909. The van der Waals surface area contributed by atoms with E-state index in [2.05, 4.69) is 21.0 Å². The van der Waals surface area contributed by atoms with E-state index < -0.39 is 11.7 Å². The third-order valence-corrected chi connectivity index (χ3v) is 2.86. The summed E-state index contributed by atoms with van der Waals surface area (Å²) in [7, 11) is 0. The van der Waals surface area contributed by atoms with Crippen LogP contribution in [0.25, 0.3) is 5.69 Å². The number of rotatable bonds is 1. The molecule has 2 aromatic rings. The van der Waals surface area contributed by atoms with Gasteiger partial charge >= 0.3 is 6.18 Å². The highest BCUT2D eigenvalue weighted by atomic mass is 79.9. The van der Waals surface area contributed by atoms with Gasteiger partial charge in [-0.2, -0.15) is 23.5 Å². The van der Waals surface area contributed by atoms with Gasteiger partial charge in [-0.15, -0.1) is 0 Å². The summed E-state index contributed by atoms with van der Waals surface area (Å²) in [6, 6.07) is 6.56. The molecule has 0 spiro atoms. The van der Waals surface area contributed by atoms with Crippen molar-refractivity contribution in [1.29, 1.82) is 5.26 Å². The first-order valence-electron chi connectivity index (χ1n) is 4.74. The molecule has 1 aromatic heterocycles. The van der Waals surface area contributed by atoms with Crippen molar-refractivity contribution in [3.05, 3.63) is 46.2 Å². The molecule has 0 atom stereocenters. The molecule has 0 aliphatic rings. The second-order valence-corrected chi connectivity index (χ2v) is 4.28. The average molecular weight is 316 g/mol. The Morgan fingerprint density at radius 2 is 2.00 bits per heavy atom. The number of hydrogen-bond donors (Lipinski definition) is 0. The van der Waals surface area contributed by atoms with Gasteiger partial charge in [0, 0.05) is 10.7 Å². The third-order valence-electron chi connectivity index (χ3n) is 2.23. The molecule has 0 saturated heterocycles. The van der Waals surface area contributed by atoms with Crippen molar-refractivity contribution in [1.82, 2.24) is 9.78 Å². The molecule has 0 saturated carbocycles. The fourth-order valence-electron chi connectivity index (χ4n) is 1.39. The van der Waals surface area contributed by atoms with Crippen molar-refractivity contribution < 1.29 is 13.2 Å². The van der Waals surface area contributed by atoms with Crippen LogP contribution in [0.15, 0.2) is 34.9 Å². The van der Waals surface area contributed by atoms with Gasteiger partial charge in [-0.3, -0.25) is 0 Å². The van der Waals surface area contributed by atoms with Gasteiger partial charge in [0.25, 0.3) is 0 Å². The maximum Gasteiger partial charge on any atom is 0.416 e. The molecule has 0 amide bonds. The standard InChI is InChI=1S/C11H5BrF3N3/c12-9-5-7(11(13,14)15)1-2-10(9)18-4-3-8(6-16)17-18/h1-5H. The monoisotopic (exact) mass is 315 g/mol. The van der Waals surface area contributed by atoms with Crippen molar-refractivity contribution in [3.8, 4) is 11.8 Å². The summed E-state index contributed by atoms with van der Waals surface area (Å²) in [6.45, 7) is 0. The number of halogens is 4. The van der Waals surface area contributed by atoms with Gasteiger partial charge in [-0.1, -0.05) is 0 Å². The number of hydrogen-bond acceptors (Lipinski definition) is 2. The van der Waals surface area contributed by atoms with Crippen LogP contribution in [0.5, 0.6) is 0 Å². The lowest BCUT2D eigenvalue weighted by Crippen LogP contribution is -2.06. The Bertz CT molecular complexity index is 625. The first kappa shape index (κ1) is 12.6. The minimum atomic E-state index is -4.39. The van der Waals surface area contributed by atoms with Gasteiger partial charge in [-0.25, -0.2) is 4.68 Å². The highest BCUT2D eigenvalue weighted by molar-refractivity contribution is 9.10. The summed E-state index contributed by atoms with van der Waals surface area (Å²) < 4.78 is 39.0. The lowest BCUT2D eigenvalue weighted by molar-refractivity contribution is -0.137. The van der Waals surface area contributed by atoms with Crippen LogP contribution in [0.4, 0.5) is 13.2 Å². The lowest BCUT2D eigenvalue weighted by Gasteiger charge is -2.09. The molecule has 92 valence electrons. The molecule has 0 N–H and O–H groups in total. The molecule has 0 unspecified atom stereocenters. The van der Waals surface area contributed by atoms with Crippen molar-refractivity contribution in [2.75, 3.05) is 0 Å². The molecular formula is C11H5BrF3N3. The quantitative estimate of drug-likeness (QED) is 0.808. The Labute approximate surface area is 109 Å². The first-order valence-corrected chi connectivity index (χ1v) is 5.54. The van der Waals surface area contributed by atoms with E-state index in [4.69, 9.17) is 5.26 Å². The fourth-order valence-corrected chi connectivity index (χ4v) is 1.95. The van der Waals surface area contributed by atoms with Crippen molar-refractivity contribution in [2.24, 2.45) is 0 Å². The van der Waals surface area contributed by atoms with E-state index in [-0.39, 0.29) is 10.2 Å². The van der Waals surface area contributed by atoms with E-state index in [0.717, 1.165) is 12.1 Å². The molecular weight excluding hydrogens is 311 g/mol. The molecule has 0 aliphatic heterocycles. The number of aromatic nitrogens is 2. The Hall–Kier alpha value is -1.81. The summed E-state index contributed by atoms with van der Waals surface area (Å²) in [5.74, 6) is 0. The lowest BCUT2D eigenvalue weighted by atomic mass is 10.2. The molecule has 2 rings (SSSR count). The Morgan fingerprint density at radius 1 is 1.28 bits per heavy atom. The van der Waals surface area contributed by atoms with Crippen LogP contribution in [0.1, 0.15) is 11.3 Å². The molecule has 0 aliphatic carbocycles. The summed E-state index contributed by atoms with van der Waals surface area (Å²) in [4.78, 5) is 0. The zero-order valence-corrected chi connectivity index (χ0v) is 10.3. The Morgan fingerprint density at radius 3 is 2.50 bits per heavy atom. The molecule has 7 heteroatoms.